The molecule has 0 amide bonds. The first kappa shape index (κ1) is 14.9. The van der Waals surface area contributed by atoms with Gasteiger partial charge in [0.1, 0.15) is 0 Å². The Morgan fingerprint density at radius 2 is 2.28 bits per heavy atom. The number of methoxy groups -OCH3 is 1. The van der Waals surface area contributed by atoms with Crippen molar-refractivity contribution in [1.82, 2.24) is 4.90 Å². The van der Waals surface area contributed by atoms with Crippen molar-refractivity contribution in [3.05, 3.63) is 39.5 Å². The van der Waals surface area contributed by atoms with E-state index in [2.05, 4.69) is 4.90 Å². The highest BCUT2D eigenvalue weighted by molar-refractivity contribution is 5.98. The first-order chi connectivity index (χ1) is 12.0. The molecule has 7 heteroatoms. The summed E-state index contributed by atoms with van der Waals surface area (Å²) >= 11 is 0. The van der Waals surface area contributed by atoms with Crippen LogP contribution in [0.4, 0.5) is 5.69 Å². The second-order valence-corrected chi connectivity index (χ2v) is 7.37. The van der Waals surface area contributed by atoms with E-state index in [1.165, 1.54) is 13.2 Å². The number of hydrogen-bond donors (Lipinski definition) is 0. The van der Waals surface area contributed by atoms with Gasteiger partial charge in [-0.3, -0.25) is 14.9 Å². The van der Waals surface area contributed by atoms with Crippen LogP contribution in [-0.4, -0.2) is 48.5 Å². The number of ether oxygens (including phenoxy) is 2. The van der Waals surface area contributed by atoms with Crippen LogP contribution in [0, 0.1) is 16.0 Å². The maximum absolute atomic E-state index is 12.6. The van der Waals surface area contributed by atoms with Gasteiger partial charge in [0.05, 0.1) is 23.5 Å². The second-order valence-electron chi connectivity index (χ2n) is 7.37. The van der Waals surface area contributed by atoms with Crippen molar-refractivity contribution >= 4 is 11.5 Å². The molecule has 4 aliphatic rings. The Kier molecular flexibility index (Phi) is 2.74. The van der Waals surface area contributed by atoms with E-state index in [1.54, 1.807) is 6.08 Å². The number of nitrogens with zero attached hydrogens (tertiary/aromatic N) is 2. The molecule has 5 rings (SSSR count). The highest BCUT2D eigenvalue weighted by Crippen LogP contribution is 2.63. The van der Waals surface area contributed by atoms with Crippen LogP contribution in [0.25, 0.3) is 0 Å². The van der Waals surface area contributed by atoms with Gasteiger partial charge < -0.3 is 14.4 Å². The second kappa shape index (κ2) is 4.60. The van der Waals surface area contributed by atoms with Crippen LogP contribution < -0.4 is 9.47 Å². The number of piperidine rings is 1. The van der Waals surface area contributed by atoms with E-state index in [0.29, 0.717) is 23.5 Å². The number of benzene rings is 1. The molecular formula is C18H18N2O5. The van der Waals surface area contributed by atoms with E-state index < -0.39 is 11.5 Å². The third-order valence-electron chi connectivity index (χ3n) is 6.51. The number of carbonyl (C=O) groups excluding carboxylic acids is 1. The van der Waals surface area contributed by atoms with Gasteiger partial charge in [-0.05, 0) is 32.5 Å². The van der Waals surface area contributed by atoms with Crippen molar-refractivity contribution in [2.45, 2.75) is 30.4 Å². The summed E-state index contributed by atoms with van der Waals surface area (Å²) in [6.07, 6.45) is 4.34. The molecule has 1 fully saturated rings. The van der Waals surface area contributed by atoms with Crippen molar-refractivity contribution in [2.24, 2.45) is 5.92 Å². The van der Waals surface area contributed by atoms with Crippen LogP contribution in [0.3, 0.4) is 0 Å². The molecule has 0 radical (unpaired) electrons. The van der Waals surface area contributed by atoms with Crippen molar-refractivity contribution in [2.75, 3.05) is 20.7 Å². The molecular weight excluding hydrogens is 324 g/mol. The Balaban J connectivity index is 1.88. The van der Waals surface area contributed by atoms with Gasteiger partial charge in [0.25, 0.3) is 5.69 Å². The zero-order valence-electron chi connectivity index (χ0n) is 14.0. The van der Waals surface area contributed by atoms with Crippen molar-refractivity contribution in [3.63, 3.8) is 0 Å². The fourth-order valence-corrected chi connectivity index (χ4v) is 5.45. The van der Waals surface area contributed by atoms with E-state index >= 15 is 0 Å². The monoisotopic (exact) mass is 342 g/mol. The van der Waals surface area contributed by atoms with Crippen LogP contribution in [0.1, 0.15) is 17.5 Å². The molecule has 1 spiro atoms. The summed E-state index contributed by atoms with van der Waals surface area (Å²) in [5, 5.41) is 11.7. The Morgan fingerprint density at radius 3 is 3.00 bits per heavy atom. The number of likely N-dealkylation sites (N-methyl/N-ethyl adjacent to an activating group) is 1. The number of ketones is 1. The van der Waals surface area contributed by atoms with Gasteiger partial charge in [-0.25, -0.2) is 0 Å². The maximum Gasteiger partial charge on any atom is 0.276 e. The van der Waals surface area contributed by atoms with E-state index in [1.807, 2.05) is 13.1 Å². The summed E-state index contributed by atoms with van der Waals surface area (Å²) in [6.45, 7) is 0.839. The zero-order chi connectivity index (χ0) is 17.5. The molecule has 0 aromatic heterocycles. The lowest BCUT2D eigenvalue weighted by molar-refractivity contribution is -0.385. The molecule has 2 aliphatic heterocycles. The molecule has 0 unspecified atom stereocenters. The summed E-state index contributed by atoms with van der Waals surface area (Å²) < 4.78 is 11.5. The molecule has 4 atom stereocenters. The standard InChI is InChI=1S/C18H18N2O5/c1-19-6-5-18-10-3-4-13(21)17(18)25-16-14(24-2)8-11(20(22)23)9(15(16)18)7-12(10)19/h3-4,8,10,12,17H,5-7H2,1-2H3/t10-,12+,17-,18-/m0/s1. The molecule has 1 aromatic carbocycles. The minimum absolute atomic E-state index is 0.0618. The largest absolute Gasteiger partial charge is 0.493 e. The fourth-order valence-electron chi connectivity index (χ4n) is 5.45. The molecule has 2 bridgehead atoms. The van der Waals surface area contributed by atoms with Crippen molar-refractivity contribution in [3.8, 4) is 11.5 Å². The first-order valence-electron chi connectivity index (χ1n) is 8.46. The van der Waals surface area contributed by atoms with E-state index in [0.717, 1.165) is 18.5 Å². The molecule has 0 N–H and O–H groups in total. The Hall–Kier alpha value is -2.41. The number of nitro benzene ring substituents is 1. The number of carbonyl (C=O) groups is 1. The van der Waals surface area contributed by atoms with E-state index in [9.17, 15) is 14.9 Å². The Bertz CT molecular complexity index is 864. The van der Waals surface area contributed by atoms with Crippen molar-refractivity contribution in [1.29, 1.82) is 0 Å². The molecule has 0 saturated carbocycles. The molecule has 1 saturated heterocycles. The highest BCUT2D eigenvalue weighted by Gasteiger charge is 2.65. The number of likely N-dealkylation sites (tertiary alicyclic amines) is 1. The SMILES string of the molecule is COc1cc([N+](=O)[O-])c2c3c1O[C@H]1C(=O)C=C[C@H]4[C@@H](C2)N(C)CC[C@]314. The van der Waals surface area contributed by atoms with Crippen molar-refractivity contribution < 1.29 is 19.2 Å². The van der Waals surface area contributed by atoms with Gasteiger partial charge in [-0.15, -0.1) is 0 Å². The third kappa shape index (κ3) is 1.57. The maximum atomic E-state index is 12.6. The average Bonchev–Trinajstić information content (AvgIpc) is 2.94. The summed E-state index contributed by atoms with van der Waals surface area (Å²) in [5.74, 6) is 0.930. The number of rotatable bonds is 2. The molecule has 1 aromatic rings. The van der Waals surface area contributed by atoms with Crippen LogP contribution >= 0.6 is 0 Å². The van der Waals surface area contributed by atoms with E-state index in [4.69, 9.17) is 9.47 Å². The van der Waals surface area contributed by atoms with Crippen LogP contribution in [0.2, 0.25) is 0 Å². The lowest BCUT2D eigenvalue weighted by atomic mass is 9.53. The summed E-state index contributed by atoms with van der Waals surface area (Å²) in [5.41, 5.74) is 1.11. The molecule has 7 nitrogen and oxygen atoms in total. The summed E-state index contributed by atoms with van der Waals surface area (Å²) in [4.78, 5) is 26.2. The molecule has 2 aliphatic carbocycles. The van der Waals surface area contributed by atoms with Gasteiger partial charge in [0.2, 0.25) is 0 Å². The Morgan fingerprint density at radius 1 is 1.48 bits per heavy atom. The van der Waals surface area contributed by atoms with E-state index in [-0.39, 0.29) is 28.4 Å². The lowest BCUT2D eigenvalue weighted by Gasteiger charge is -2.55. The predicted octanol–water partition coefficient (Wildman–Crippen LogP) is 1.62. The first-order valence-corrected chi connectivity index (χ1v) is 8.46. The van der Waals surface area contributed by atoms with Gasteiger partial charge in [-0.2, -0.15) is 0 Å². The Labute approximate surface area is 144 Å². The normalized spacial score (nSPS) is 34.5. The van der Waals surface area contributed by atoms with Gasteiger partial charge in [0.15, 0.2) is 23.4 Å². The third-order valence-corrected chi connectivity index (χ3v) is 6.51. The minimum Gasteiger partial charge on any atom is -0.493 e. The van der Waals surface area contributed by atoms with Gasteiger partial charge in [0, 0.05) is 23.1 Å². The molecule has 25 heavy (non-hydrogen) atoms. The molecule has 2 heterocycles. The van der Waals surface area contributed by atoms with Crippen LogP contribution in [0.5, 0.6) is 11.5 Å². The topological polar surface area (TPSA) is 81.9 Å². The van der Waals surface area contributed by atoms with Crippen LogP contribution in [-0.2, 0) is 16.6 Å². The number of nitro groups is 1. The zero-order valence-corrected chi connectivity index (χ0v) is 14.0. The van der Waals surface area contributed by atoms with Gasteiger partial charge >= 0.3 is 0 Å². The minimum atomic E-state index is -0.608. The quantitative estimate of drug-likeness (QED) is 0.600. The van der Waals surface area contributed by atoms with Crippen LogP contribution in [0.15, 0.2) is 18.2 Å². The van der Waals surface area contributed by atoms with Gasteiger partial charge in [-0.1, -0.05) is 6.08 Å². The average molecular weight is 342 g/mol. The number of hydrogen-bond acceptors (Lipinski definition) is 6. The summed E-state index contributed by atoms with van der Waals surface area (Å²) in [6, 6.07) is 1.57. The highest BCUT2D eigenvalue weighted by atomic mass is 16.6. The predicted molar refractivity (Wildman–Crippen MR) is 88.1 cm³/mol. The summed E-state index contributed by atoms with van der Waals surface area (Å²) in [7, 11) is 3.52. The fraction of sp³-hybridized carbons (Fsp3) is 0.500. The smallest absolute Gasteiger partial charge is 0.276 e. The lowest BCUT2D eigenvalue weighted by Crippen LogP contribution is -2.64. The molecule has 130 valence electrons.